The molecule has 1 unspecified atom stereocenters. The molecule has 0 aromatic rings. The molecule has 0 radical (unpaired) electrons. The van der Waals surface area contributed by atoms with Gasteiger partial charge in [-0.05, 0) is 6.42 Å². The monoisotopic (exact) mass is 175 g/mol. The molecule has 44 valence electrons. The van der Waals surface area contributed by atoms with Gasteiger partial charge < -0.3 is 0 Å². The van der Waals surface area contributed by atoms with E-state index in [2.05, 4.69) is 20.9 Å². The number of nitrogens with zero attached hydrogens (tertiary/aromatic N) is 1. The fourth-order valence-corrected chi connectivity index (χ4v) is 0.912. The van der Waals surface area contributed by atoms with Gasteiger partial charge in [0.25, 0.3) is 0 Å². The smallest absolute Gasteiger partial charge is 0.245 e. The fourth-order valence-electron chi connectivity index (χ4n) is 0.564. The molecule has 2 nitrogen and oxygen atoms in total. The number of hydrogen-bond donors (Lipinski definition) is 0. The highest BCUT2D eigenvalue weighted by molar-refractivity contribution is 9.09. The summed E-state index contributed by atoms with van der Waals surface area (Å²) in [5, 5.41) is 0. The molecule has 0 N–H and O–H groups in total. The van der Waals surface area contributed by atoms with E-state index in [1.807, 2.05) is 0 Å². The maximum atomic E-state index is 10.4. The van der Waals surface area contributed by atoms with E-state index in [1.54, 1.807) is 6.21 Å². The van der Waals surface area contributed by atoms with Crippen LogP contribution in [0.5, 0.6) is 0 Å². The predicted octanol–water partition coefficient (Wildman–Crippen LogP) is 1.14. The van der Waals surface area contributed by atoms with E-state index < -0.39 is 0 Å². The molecule has 0 spiro atoms. The Morgan fingerprint density at radius 3 is 3.00 bits per heavy atom. The van der Waals surface area contributed by atoms with Crippen molar-refractivity contribution in [3.05, 3.63) is 0 Å². The summed E-state index contributed by atoms with van der Waals surface area (Å²) >= 11 is 3.31. The van der Waals surface area contributed by atoms with Crippen LogP contribution < -0.4 is 0 Å². The largest absolute Gasteiger partial charge is 0.273 e. The first-order chi connectivity index (χ1) is 3.79. The second-order valence-corrected chi connectivity index (χ2v) is 2.90. The van der Waals surface area contributed by atoms with Crippen molar-refractivity contribution in [3.63, 3.8) is 0 Å². The molecule has 8 heavy (non-hydrogen) atoms. The molecule has 0 aliphatic carbocycles. The van der Waals surface area contributed by atoms with Crippen molar-refractivity contribution in [2.75, 3.05) is 0 Å². The Hall–Kier alpha value is -0.180. The molecule has 0 bridgehead atoms. The minimum absolute atomic E-state index is 0.000648. The van der Waals surface area contributed by atoms with Crippen LogP contribution in [0.4, 0.5) is 0 Å². The van der Waals surface area contributed by atoms with Gasteiger partial charge in [0.05, 0.1) is 4.83 Å². The zero-order valence-electron chi connectivity index (χ0n) is 4.30. The highest BCUT2D eigenvalue weighted by Crippen LogP contribution is 2.10. The summed E-state index contributed by atoms with van der Waals surface area (Å²) in [7, 11) is 0. The van der Waals surface area contributed by atoms with Crippen molar-refractivity contribution in [1.82, 2.24) is 0 Å². The average Bonchev–Trinajstić information content (AvgIpc) is 1.77. The lowest BCUT2D eigenvalue weighted by atomic mass is 10.2. The van der Waals surface area contributed by atoms with Gasteiger partial charge in [-0.15, -0.1) is 0 Å². The van der Waals surface area contributed by atoms with E-state index in [4.69, 9.17) is 0 Å². The van der Waals surface area contributed by atoms with Gasteiger partial charge in [-0.1, -0.05) is 15.9 Å². The quantitative estimate of drug-likeness (QED) is 0.509. The van der Waals surface area contributed by atoms with Gasteiger partial charge in [0, 0.05) is 12.6 Å². The Balaban J connectivity index is 2.55. The van der Waals surface area contributed by atoms with Crippen molar-refractivity contribution in [2.24, 2.45) is 4.99 Å². The molecule has 0 saturated carbocycles. The first kappa shape index (κ1) is 5.95. The molecule has 3 heteroatoms. The van der Waals surface area contributed by atoms with Crippen molar-refractivity contribution in [3.8, 4) is 0 Å². The first-order valence-electron chi connectivity index (χ1n) is 2.50. The number of rotatable bonds is 0. The maximum absolute atomic E-state index is 10.4. The SMILES string of the molecule is O=C1CCC(Br)C=N1. The van der Waals surface area contributed by atoms with Crippen LogP contribution in [0.15, 0.2) is 4.99 Å². The molecular formula is C5H6BrNO. The third-order valence-electron chi connectivity index (χ3n) is 1.01. The van der Waals surface area contributed by atoms with Crippen LogP contribution in [0.3, 0.4) is 0 Å². The van der Waals surface area contributed by atoms with Gasteiger partial charge in [0.1, 0.15) is 0 Å². The van der Waals surface area contributed by atoms with Crippen molar-refractivity contribution in [1.29, 1.82) is 0 Å². The molecular weight excluding hydrogens is 170 g/mol. The third-order valence-corrected chi connectivity index (χ3v) is 1.71. The van der Waals surface area contributed by atoms with Gasteiger partial charge >= 0.3 is 0 Å². The lowest BCUT2D eigenvalue weighted by Gasteiger charge is -2.04. The third kappa shape index (κ3) is 1.40. The van der Waals surface area contributed by atoms with Crippen LogP contribution >= 0.6 is 15.9 Å². The van der Waals surface area contributed by atoms with E-state index in [9.17, 15) is 4.79 Å². The minimum atomic E-state index is 0.000648. The van der Waals surface area contributed by atoms with Crippen molar-refractivity contribution in [2.45, 2.75) is 17.7 Å². The Kier molecular flexibility index (Phi) is 1.78. The van der Waals surface area contributed by atoms with Gasteiger partial charge in [-0.2, -0.15) is 0 Å². The normalized spacial score (nSPS) is 28.6. The van der Waals surface area contributed by atoms with Gasteiger partial charge in [-0.25, -0.2) is 4.99 Å². The summed E-state index contributed by atoms with van der Waals surface area (Å²) in [5.74, 6) is 0.000648. The molecule has 1 rings (SSSR count). The summed E-state index contributed by atoms with van der Waals surface area (Å²) in [6.07, 6.45) is 3.13. The molecule has 1 amide bonds. The fraction of sp³-hybridized carbons (Fsp3) is 0.600. The maximum Gasteiger partial charge on any atom is 0.245 e. The highest BCUT2D eigenvalue weighted by atomic mass is 79.9. The van der Waals surface area contributed by atoms with Gasteiger partial charge in [-0.3, -0.25) is 4.79 Å². The Morgan fingerprint density at radius 2 is 2.62 bits per heavy atom. The minimum Gasteiger partial charge on any atom is -0.273 e. The Bertz CT molecular complexity index is 132. The average molecular weight is 176 g/mol. The highest BCUT2D eigenvalue weighted by Gasteiger charge is 2.09. The summed E-state index contributed by atoms with van der Waals surface area (Å²) in [5.41, 5.74) is 0. The summed E-state index contributed by atoms with van der Waals surface area (Å²) in [6.45, 7) is 0. The first-order valence-corrected chi connectivity index (χ1v) is 3.41. The molecule has 1 aliphatic rings. The molecule has 0 fully saturated rings. The Labute approximate surface area is 56.1 Å². The van der Waals surface area contributed by atoms with Crippen LogP contribution in [0.2, 0.25) is 0 Å². The van der Waals surface area contributed by atoms with Crippen molar-refractivity contribution >= 4 is 28.1 Å². The second-order valence-electron chi connectivity index (χ2n) is 1.73. The van der Waals surface area contributed by atoms with E-state index in [0.717, 1.165) is 6.42 Å². The second kappa shape index (κ2) is 2.40. The Morgan fingerprint density at radius 1 is 1.88 bits per heavy atom. The van der Waals surface area contributed by atoms with Crippen molar-refractivity contribution < 1.29 is 4.79 Å². The number of alkyl halides is 1. The lowest BCUT2D eigenvalue weighted by Crippen LogP contribution is -2.10. The number of carbonyl (C=O) groups excluding carboxylic acids is 1. The molecule has 1 heterocycles. The van der Waals surface area contributed by atoms with E-state index >= 15 is 0 Å². The zero-order chi connectivity index (χ0) is 5.98. The van der Waals surface area contributed by atoms with Crippen LogP contribution in [0, 0.1) is 0 Å². The van der Waals surface area contributed by atoms with E-state index in [-0.39, 0.29) is 5.91 Å². The molecule has 0 saturated heterocycles. The molecule has 1 atom stereocenters. The predicted molar refractivity (Wildman–Crippen MR) is 35.4 cm³/mol. The molecule has 0 aromatic heterocycles. The lowest BCUT2D eigenvalue weighted by molar-refractivity contribution is -0.118. The van der Waals surface area contributed by atoms with E-state index in [1.165, 1.54) is 0 Å². The summed E-state index contributed by atoms with van der Waals surface area (Å²) < 4.78 is 0. The number of aliphatic imine (C=N–C) groups is 1. The number of amides is 1. The number of halogens is 1. The van der Waals surface area contributed by atoms with Crippen LogP contribution in [-0.4, -0.2) is 16.9 Å². The van der Waals surface area contributed by atoms with E-state index in [0.29, 0.717) is 11.2 Å². The van der Waals surface area contributed by atoms with Gasteiger partial charge in [0.15, 0.2) is 0 Å². The number of hydrogen-bond acceptors (Lipinski definition) is 1. The zero-order valence-corrected chi connectivity index (χ0v) is 5.89. The molecule has 0 aromatic carbocycles. The summed E-state index contributed by atoms with van der Waals surface area (Å²) in [4.78, 5) is 14.3. The number of carbonyl (C=O) groups is 1. The topological polar surface area (TPSA) is 29.4 Å². The summed E-state index contributed by atoms with van der Waals surface area (Å²) in [6, 6.07) is 0. The van der Waals surface area contributed by atoms with Crippen LogP contribution in [-0.2, 0) is 4.79 Å². The molecule has 1 aliphatic heterocycles. The van der Waals surface area contributed by atoms with Crippen LogP contribution in [0.25, 0.3) is 0 Å². The standard InChI is InChI=1S/C5H6BrNO/c6-4-1-2-5(8)7-3-4/h3-4H,1-2H2. The van der Waals surface area contributed by atoms with Gasteiger partial charge in [0.2, 0.25) is 5.91 Å². The van der Waals surface area contributed by atoms with Crippen LogP contribution in [0.1, 0.15) is 12.8 Å².